The lowest BCUT2D eigenvalue weighted by Crippen LogP contribution is -2.36. The number of benzene rings is 1. The average Bonchev–Trinajstić information content (AvgIpc) is 3.12. The standard InChI is InChI=1S/C22H17F3N4O/c23-22(24,25)15-5-1-13(2-6-15)3-7-16-11-18-14(12-27-16)4-8-17-19(18)28-29-10-9-26-21(30)20(17)29/h1-3,5-7,11-12H,4,8-10H2,(H,26,30). The summed E-state index contributed by atoms with van der Waals surface area (Å²) < 4.78 is 39.9. The van der Waals surface area contributed by atoms with E-state index >= 15 is 0 Å². The Morgan fingerprint density at radius 2 is 1.90 bits per heavy atom. The van der Waals surface area contributed by atoms with E-state index in [2.05, 4.69) is 15.4 Å². The molecule has 0 atom stereocenters. The van der Waals surface area contributed by atoms with Gasteiger partial charge in [-0.1, -0.05) is 18.2 Å². The van der Waals surface area contributed by atoms with Crippen molar-refractivity contribution in [1.29, 1.82) is 0 Å². The van der Waals surface area contributed by atoms with E-state index in [9.17, 15) is 18.0 Å². The van der Waals surface area contributed by atoms with E-state index in [0.717, 1.165) is 47.4 Å². The van der Waals surface area contributed by atoms with Gasteiger partial charge in [-0.2, -0.15) is 18.3 Å². The maximum absolute atomic E-state index is 12.7. The Hall–Kier alpha value is -3.42. The molecule has 0 bridgehead atoms. The van der Waals surface area contributed by atoms with Crippen LogP contribution in [0, 0.1) is 0 Å². The van der Waals surface area contributed by atoms with Crippen LogP contribution in [-0.2, 0) is 25.6 Å². The topological polar surface area (TPSA) is 59.8 Å². The van der Waals surface area contributed by atoms with Gasteiger partial charge in [-0.15, -0.1) is 0 Å². The summed E-state index contributed by atoms with van der Waals surface area (Å²) in [6.45, 7) is 1.21. The second-order valence-corrected chi connectivity index (χ2v) is 7.37. The number of carbonyl (C=O) groups is 1. The molecule has 0 saturated heterocycles. The van der Waals surface area contributed by atoms with Crippen molar-refractivity contribution in [1.82, 2.24) is 20.1 Å². The van der Waals surface area contributed by atoms with Gasteiger partial charge in [0.1, 0.15) is 5.69 Å². The molecule has 0 radical (unpaired) electrons. The number of halogens is 3. The molecule has 3 aromatic rings. The van der Waals surface area contributed by atoms with Gasteiger partial charge in [0, 0.05) is 23.9 Å². The van der Waals surface area contributed by atoms with Crippen molar-refractivity contribution < 1.29 is 18.0 Å². The minimum Gasteiger partial charge on any atom is -0.349 e. The molecule has 0 saturated carbocycles. The first kappa shape index (κ1) is 18.6. The SMILES string of the molecule is O=C1NCCn2nc3c(c21)CCc1cnc(C=Cc2ccc(C(F)(F)F)cc2)cc1-3. The van der Waals surface area contributed by atoms with Crippen LogP contribution in [0.5, 0.6) is 0 Å². The molecule has 1 aliphatic heterocycles. The molecule has 5 rings (SSSR count). The molecular formula is C22H17F3N4O. The van der Waals surface area contributed by atoms with Gasteiger partial charge in [-0.25, -0.2) is 0 Å². The number of aryl methyl sites for hydroxylation is 1. The minimum absolute atomic E-state index is 0.0880. The predicted octanol–water partition coefficient (Wildman–Crippen LogP) is 3.98. The highest BCUT2D eigenvalue weighted by atomic mass is 19.4. The van der Waals surface area contributed by atoms with E-state index in [1.165, 1.54) is 12.1 Å². The molecule has 8 heteroatoms. The molecule has 0 unspecified atom stereocenters. The number of aromatic nitrogens is 3. The fraction of sp³-hybridized carbons (Fsp3) is 0.227. The summed E-state index contributed by atoms with van der Waals surface area (Å²) in [4.78, 5) is 16.7. The number of nitrogens with one attached hydrogen (secondary N) is 1. The second-order valence-electron chi connectivity index (χ2n) is 7.37. The number of pyridine rings is 1. The summed E-state index contributed by atoms with van der Waals surface area (Å²) in [5, 5.41) is 7.54. The highest BCUT2D eigenvalue weighted by molar-refractivity contribution is 5.97. The van der Waals surface area contributed by atoms with E-state index in [0.29, 0.717) is 30.0 Å². The van der Waals surface area contributed by atoms with Crippen molar-refractivity contribution in [2.24, 2.45) is 0 Å². The van der Waals surface area contributed by atoms with Gasteiger partial charge in [0.2, 0.25) is 0 Å². The van der Waals surface area contributed by atoms with Crippen LogP contribution in [0.2, 0.25) is 0 Å². The van der Waals surface area contributed by atoms with Crippen LogP contribution in [0.25, 0.3) is 23.4 Å². The Bertz CT molecular complexity index is 1180. The smallest absolute Gasteiger partial charge is 0.349 e. The summed E-state index contributed by atoms with van der Waals surface area (Å²) in [6.07, 6.45) is 2.48. The molecule has 1 N–H and O–H groups in total. The number of hydrogen-bond donors (Lipinski definition) is 1. The van der Waals surface area contributed by atoms with E-state index in [-0.39, 0.29) is 5.91 Å². The lowest BCUT2D eigenvalue weighted by Gasteiger charge is -2.17. The maximum Gasteiger partial charge on any atom is 0.416 e. The molecule has 5 nitrogen and oxygen atoms in total. The molecule has 1 aromatic carbocycles. The van der Waals surface area contributed by atoms with E-state index in [1.54, 1.807) is 16.8 Å². The number of amides is 1. The zero-order valence-electron chi connectivity index (χ0n) is 15.8. The van der Waals surface area contributed by atoms with Gasteiger partial charge in [-0.05, 0) is 48.2 Å². The third kappa shape index (κ3) is 3.18. The first-order valence-corrected chi connectivity index (χ1v) is 9.63. The van der Waals surface area contributed by atoms with E-state index in [4.69, 9.17) is 0 Å². The highest BCUT2D eigenvalue weighted by Gasteiger charge is 2.31. The van der Waals surface area contributed by atoms with Crippen LogP contribution in [0.15, 0.2) is 36.5 Å². The summed E-state index contributed by atoms with van der Waals surface area (Å²) in [5.74, 6) is -0.0880. The molecule has 0 spiro atoms. The fourth-order valence-corrected chi connectivity index (χ4v) is 3.96. The van der Waals surface area contributed by atoms with Gasteiger partial charge >= 0.3 is 6.18 Å². The number of carbonyl (C=O) groups excluding carboxylic acids is 1. The van der Waals surface area contributed by atoms with Crippen LogP contribution < -0.4 is 5.32 Å². The molecular weight excluding hydrogens is 393 g/mol. The Morgan fingerprint density at radius 1 is 1.10 bits per heavy atom. The van der Waals surface area contributed by atoms with Crippen molar-refractivity contribution in [2.45, 2.75) is 25.6 Å². The van der Waals surface area contributed by atoms with Gasteiger partial charge in [0.05, 0.1) is 23.5 Å². The predicted molar refractivity (Wildman–Crippen MR) is 106 cm³/mol. The van der Waals surface area contributed by atoms with Crippen molar-refractivity contribution in [3.63, 3.8) is 0 Å². The molecule has 30 heavy (non-hydrogen) atoms. The van der Waals surface area contributed by atoms with Crippen LogP contribution >= 0.6 is 0 Å². The Morgan fingerprint density at radius 3 is 2.67 bits per heavy atom. The summed E-state index contributed by atoms with van der Waals surface area (Å²) >= 11 is 0. The molecule has 2 aromatic heterocycles. The Balaban J connectivity index is 1.46. The summed E-state index contributed by atoms with van der Waals surface area (Å²) in [7, 11) is 0. The third-order valence-electron chi connectivity index (χ3n) is 5.47. The lowest BCUT2D eigenvalue weighted by atomic mass is 9.89. The zero-order valence-corrected chi connectivity index (χ0v) is 15.8. The van der Waals surface area contributed by atoms with Crippen molar-refractivity contribution in [3.05, 3.63) is 70.2 Å². The van der Waals surface area contributed by atoms with Crippen LogP contribution in [0.3, 0.4) is 0 Å². The fourth-order valence-electron chi connectivity index (χ4n) is 3.96. The van der Waals surface area contributed by atoms with Gasteiger partial charge in [0.15, 0.2) is 0 Å². The van der Waals surface area contributed by atoms with Crippen LogP contribution in [-0.4, -0.2) is 27.2 Å². The molecule has 3 heterocycles. The largest absolute Gasteiger partial charge is 0.416 e. The molecule has 0 fully saturated rings. The van der Waals surface area contributed by atoms with Gasteiger partial charge in [-0.3, -0.25) is 14.5 Å². The number of hydrogen-bond acceptors (Lipinski definition) is 3. The van der Waals surface area contributed by atoms with Crippen molar-refractivity contribution in [2.75, 3.05) is 6.54 Å². The number of alkyl halides is 3. The first-order valence-electron chi connectivity index (χ1n) is 9.63. The normalized spacial score (nSPS) is 15.5. The van der Waals surface area contributed by atoms with Gasteiger partial charge < -0.3 is 5.32 Å². The summed E-state index contributed by atoms with van der Waals surface area (Å²) in [5.41, 5.74) is 5.10. The lowest BCUT2D eigenvalue weighted by molar-refractivity contribution is -0.137. The molecule has 1 aliphatic carbocycles. The van der Waals surface area contributed by atoms with E-state index in [1.807, 2.05) is 12.3 Å². The average molecular weight is 410 g/mol. The number of rotatable bonds is 2. The van der Waals surface area contributed by atoms with Gasteiger partial charge in [0.25, 0.3) is 5.91 Å². The summed E-state index contributed by atoms with van der Waals surface area (Å²) in [6, 6.07) is 6.90. The van der Waals surface area contributed by atoms with Crippen molar-refractivity contribution in [3.8, 4) is 11.3 Å². The first-order chi connectivity index (χ1) is 14.4. The highest BCUT2D eigenvalue weighted by Crippen LogP contribution is 2.35. The minimum atomic E-state index is -4.35. The molecule has 1 amide bonds. The second kappa shape index (κ2) is 6.83. The number of fused-ring (bicyclic) bond motifs is 5. The third-order valence-corrected chi connectivity index (χ3v) is 5.47. The quantitative estimate of drug-likeness (QED) is 0.695. The monoisotopic (exact) mass is 410 g/mol. The Kier molecular flexibility index (Phi) is 4.23. The zero-order chi connectivity index (χ0) is 20.9. The van der Waals surface area contributed by atoms with Crippen LogP contribution in [0.1, 0.15) is 38.4 Å². The van der Waals surface area contributed by atoms with Crippen LogP contribution in [0.4, 0.5) is 13.2 Å². The molecule has 2 aliphatic rings. The Labute approximate surface area is 170 Å². The van der Waals surface area contributed by atoms with E-state index < -0.39 is 11.7 Å². The maximum atomic E-state index is 12.7. The van der Waals surface area contributed by atoms with Crippen molar-refractivity contribution >= 4 is 18.1 Å². The number of nitrogens with zero attached hydrogens (tertiary/aromatic N) is 3. The molecule has 152 valence electrons.